The summed E-state index contributed by atoms with van der Waals surface area (Å²) in [6.45, 7) is -0.796. The summed E-state index contributed by atoms with van der Waals surface area (Å²) in [5.41, 5.74) is 0.315. The van der Waals surface area contributed by atoms with Gasteiger partial charge in [-0.15, -0.1) is 0 Å². The molecule has 12 heteroatoms. The van der Waals surface area contributed by atoms with Crippen LogP contribution in [0, 0.1) is 16.0 Å². The molecule has 1 atom stereocenters. The minimum Gasteiger partial charge on any atom is -0.481 e. The summed E-state index contributed by atoms with van der Waals surface area (Å²) in [5.74, 6) is -5.01. The largest absolute Gasteiger partial charge is 0.481 e. The first-order valence-electron chi connectivity index (χ1n) is 8.88. The SMILES string of the molecule is O=C(O)CC(CCOC(=O)CCC(=O)NCc1ccc(CO)c([N+](=O)[O-])c1)C(=O)O. The van der Waals surface area contributed by atoms with Crippen molar-refractivity contribution in [1.29, 1.82) is 0 Å². The fourth-order valence-electron chi connectivity index (χ4n) is 2.44. The van der Waals surface area contributed by atoms with Gasteiger partial charge in [-0.1, -0.05) is 6.07 Å². The number of rotatable bonds is 13. The van der Waals surface area contributed by atoms with Gasteiger partial charge in [0.15, 0.2) is 0 Å². The number of aliphatic hydroxyl groups excluding tert-OH is 1. The van der Waals surface area contributed by atoms with E-state index in [9.17, 15) is 29.3 Å². The van der Waals surface area contributed by atoms with Gasteiger partial charge in [-0.25, -0.2) is 0 Å². The van der Waals surface area contributed by atoms with Crippen molar-refractivity contribution in [2.24, 2.45) is 5.92 Å². The quantitative estimate of drug-likeness (QED) is 0.197. The van der Waals surface area contributed by atoms with E-state index in [0.717, 1.165) is 0 Å². The number of nitrogens with one attached hydrogen (secondary N) is 1. The molecule has 4 N–H and O–H groups in total. The molecule has 164 valence electrons. The number of esters is 1. The van der Waals surface area contributed by atoms with Gasteiger partial charge >= 0.3 is 17.9 Å². The van der Waals surface area contributed by atoms with Gasteiger partial charge in [0.1, 0.15) is 0 Å². The molecule has 0 saturated carbocycles. The van der Waals surface area contributed by atoms with Crippen LogP contribution in [0.25, 0.3) is 0 Å². The molecule has 1 amide bonds. The third-order valence-corrected chi connectivity index (χ3v) is 4.06. The van der Waals surface area contributed by atoms with Crippen LogP contribution in [0.4, 0.5) is 5.69 Å². The summed E-state index contributed by atoms with van der Waals surface area (Å²) in [4.78, 5) is 55.2. The second-order valence-electron chi connectivity index (χ2n) is 6.30. The van der Waals surface area contributed by atoms with E-state index in [0.29, 0.717) is 5.56 Å². The lowest BCUT2D eigenvalue weighted by atomic mass is 10.0. The van der Waals surface area contributed by atoms with E-state index < -0.39 is 47.7 Å². The number of benzene rings is 1. The molecule has 1 aromatic carbocycles. The summed E-state index contributed by atoms with van der Waals surface area (Å²) in [7, 11) is 0. The van der Waals surface area contributed by atoms with Crippen LogP contribution in [0.3, 0.4) is 0 Å². The summed E-state index contributed by atoms with van der Waals surface area (Å²) in [5, 5.41) is 40.1. The van der Waals surface area contributed by atoms with Crippen LogP contribution in [0.2, 0.25) is 0 Å². The van der Waals surface area contributed by atoms with Gasteiger partial charge < -0.3 is 25.4 Å². The molecule has 0 aliphatic rings. The standard InChI is InChI=1S/C18H22N2O10/c21-10-13-2-1-11(7-14(13)20(28)29)9-19-15(22)3-4-17(25)30-6-5-12(18(26)27)8-16(23)24/h1-2,7,12,21H,3-6,8-10H2,(H,19,22)(H,23,24)(H,26,27). The monoisotopic (exact) mass is 426 g/mol. The van der Waals surface area contributed by atoms with Crippen LogP contribution in [0.1, 0.15) is 36.8 Å². The van der Waals surface area contributed by atoms with Gasteiger partial charge in [0.05, 0.1) is 42.5 Å². The van der Waals surface area contributed by atoms with Gasteiger partial charge in [-0.2, -0.15) is 0 Å². The first-order valence-corrected chi connectivity index (χ1v) is 8.88. The van der Waals surface area contributed by atoms with Crippen molar-refractivity contribution in [3.63, 3.8) is 0 Å². The van der Waals surface area contributed by atoms with Crippen molar-refractivity contribution in [3.8, 4) is 0 Å². The number of nitro groups is 1. The van der Waals surface area contributed by atoms with E-state index in [1.54, 1.807) is 0 Å². The Kier molecular flexibility index (Phi) is 9.89. The lowest BCUT2D eigenvalue weighted by Crippen LogP contribution is -2.24. The van der Waals surface area contributed by atoms with Crippen molar-refractivity contribution >= 4 is 29.5 Å². The average molecular weight is 426 g/mol. The fraction of sp³-hybridized carbons (Fsp3) is 0.444. The molecular formula is C18H22N2O10. The van der Waals surface area contributed by atoms with Crippen molar-refractivity contribution < 1.29 is 44.2 Å². The number of hydrogen-bond acceptors (Lipinski definition) is 8. The Morgan fingerprint density at radius 2 is 1.87 bits per heavy atom. The first kappa shape index (κ1) is 24.5. The van der Waals surface area contributed by atoms with Crippen molar-refractivity contribution in [3.05, 3.63) is 39.4 Å². The van der Waals surface area contributed by atoms with Crippen LogP contribution in [-0.2, 0) is 37.1 Å². The number of carboxylic acid groups (broad SMARTS) is 2. The van der Waals surface area contributed by atoms with Crippen molar-refractivity contribution in [2.75, 3.05) is 6.61 Å². The number of nitrogens with zero attached hydrogens (tertiary/aromatic N) is 1. The Morgan fingerprint density at radius 1 is 1.17 bits per heavy atom. The zero-order valence-electron chi connectivity index (χ0n) is 15.9. The van der Waals surface area contributed by atoms with Gasteiger partial charge in [0.25, 0.3) is 5.69 Å². The predicted octanol–water partition coefficient (Wildman–Crippen LogP) is 0.592. The number of hydrogen-bond donors (Lipinski definition) is 4. The number of ether oxygens (including phenoxy) is 1. The van der Waals surface area contributed by atoms with Crippen LogP contribution in [0.15, 0.2) is 18.2 Å². The zero-order valence-corrected chi connectivity index (χ0v) is 15.9. The summed E-state index contributed by atoms with van der Waals surface area (Å²) in [6, 6.07) is 4.13. The summed E-state index contributed by atoms with van der Waals surface area (Å²) < 4.78 is 4.81. The second-order valence-corrected chi connectivity index (χ2v) is 6.30. The normalized spacial score (nSPS) is 11.4. The molecule has 0 radical (unpaired) electrons. The molecule has 0 heterocycles. The van der Waals surface area contributed by atoms with E-state index in [1.165, 1.54) is 18.2 Å². The summed E-state index contributed by atoms with van der Waals surface area (Å²) in [6.07, 6.45) is -1.24. The molecule has 1 rings (SSSR count). The molecular weight excluding hydrogens is 404 g/mol. The number of aliphatic hydroxyl groups is 1. The van der Waals surface area contributed by atoms with Crippen molar-refractivity contribution in [1.82, 2.24) is 5.32 Å². The molecule has 0 spiro atoms. The molecule has 1 unspecified atom stereocenters. The highest BCUT2D eigenvalue weighted by atomic mass is 16.6. The molecule has 0 aliphatic carbocycles. The third-order valence-electron chi connectivity index (χ3n) is 4.06. The second kappa shape index (κ2) is 12.1. The van der Waals surface area contributed by atoms with E-state index in [2.05, 4.69) is 5.32 Å². The maximum absolute atomic E-state index is 11.8. The minimum atomic E-state index is -1.31. The topological polar surface area (TPSA) is 193 Å². The number of nitro benzene ring substituents is 1. The number of carbonyl (C=O) groups excluding carboxylic acids is 2. The third kappa shape index (κ3) is 8.65. The van der Waals surface area contributed by atoms with Crippen LogP contribution in [-0.4, -0.2) is 50.7 Å². The number of carbonyl (C=O) groups is 4. The Bertz CT molecular complexity index is 808. The number of aliphatic carboxylic acids is 2. The highest BCUT2D eigenvalue weighted by molar-refractivity contribution is 5.81. The molecule has 0 bridgehead atoms. The zero-order chi connectivity index (χ0) is 22.7. The molecule has 12 nitrogen and oxygen atoms in total. The maximum Gasteiger partial charge on any atom is 0.307 e. The Hall–Kier alpha value is -3.54. The Morgan fingerprint density at radius 3 is 2.43 bits per heavy atom. The number of carboxylic acids is 2. The molecule has 0 aromatic heterocycles. The first-order chi connectivity index (χ1) is 14.1. The van der Waals surface area contributed by atoms with E-state index in [1.807, 2.05) is 0 Å². The number of amides is 1. The van der Waals surface area contributed by atoms with Gasteiger partial charge in [-0.3, -0.25) is 29.3 Å². The molecule has 0 aliphatic heterocycles. The van der Waals surface area contributed by atoms with Crippen LogP contribution < -0.4 is 5.32 Å². The predicted molar refractivity (Wildman–Crippen MR) is 99.1 cm³/mol. The molecule has 1 aromatic rings. The van der Waals surface area contributed by atoms with E-state index in [4.69, 9.17) is 20.1 Å². The fourth-order valence-corrected chi connectivity index (χ4v) is 2.44. The lowest BCUT2D eigenvalue weighted by Gasteiger charge is -2.10. The summed E-state index contributed by atoms with van der Waals surface area (Å²) >= 11 is 0. The van der Waals surface area contributed by atoms with Gasteiger partial charge in [0, 0.05) is 19.0 Å². The Labute approximate surface area is 170 Å². The highest BCUT2D eigenvalue weighted by Gasteiger charge is 2.21. The Balaban J connectivity index is 2.38. The maximum atomic E-state index is 11.8. The lowest BCUT2D eigenvalue weighted by molar-refractivity contribution is -0.385. The van der Waals surface area contributed by atoms with Gasteiger partial charge in [0.2, 0.25) is 5.91 Å². The molecule has 0 fully saturated rings. The van der Waals surface area contributed by atoms with E-state index >= 15 is 0 Å². The van der Waals surface area contributed by atoms with Gasteiger partial charge in [-0.05, 0) is 18.1 Å². The van der Waals surface area contributed by atoms with E-state index in [-0.39, 0.29) is 43.7 Å². The minimum absolute atomic E-state index is 0.0179. The molecule has 0 saturated heterocycles. The van der Waals surface area contributed by atoms with Crippen LogP contribution in [0.5, 0.6) is 0 Å². The van der Waals surface area contributed by atoms with Crippen LogP contribution >= 0.6 is 0 Å². The average Bonchev–Trinajstić information content (AvgIpc) is 2.69. The van der Waals surface area contributed by atoms with Crippen molar-refractivity contribution in [2.45, 2.75) is 38.8 Å². The molecule has 30 heavy (non-hydrogen) atoms. The smallest absolute Gasteiger partial charge is 0.307 e. The highest BCUT2D eigenvalue weighted by Crippen LogP contribution is 2.20.